The zero-order valence-electron chi connectivity index (χ0n) is 10.5. The Morgan fingerprint density at radius 2 is 1.75 bits per heavy atom. The number of primary amides is 1. The maximum atomic E-state index is 12.0. The fourth-order valence-electron chi connectivity index (χ4n) is 1.65. The van der Waals surface area contributed by atoms with Gasteiger partial charge in [-0.15, -0.1) is 0 Å². The molecule has 0 heterocycles. The molecule has 0 saturated carbocycles. The molecule has 2 aromatic carbocycles. The number of anilines is 1. The van der Waals surface area contributed by atoms with Gasteiger partial charge in [0.15, 0.2) is 0 Å². The van der Waals surface area contributed by atoms with Crippen molar-refractivity contribution in [1.29, 1.82) is 5.26 Å². The number of carbonyl (C=O) groups excluding carboxylic acids is 2. The van der Waals surface area contributed by atoms with Crippen LogP contribution in [0, 0.1) is 11.3 Å². The third kappa shape index (κ3) is 3.00. The zero-order chi connectivity index (χ0) is 14.5. The van der Waals surface area contributed by atoms with Crippen LogP contribution < -0.4 is 11.1 Å². The predicted octanol–water partition coefficient (Wildman–Crippen LogP) is 1.91. The molecule has 3 N–H and O–H groups in total. The molecule has 5 heteroatoms. The van der Waals surface area contributed by atoms with Gasteiger partial charge < -0.3 is 11.1 Å². The van der Waals surface area contributed by atoms with Gasteiger partial charge in [0.1, 0.15) is 0 Å². The van der Waals surface area contributed by atoms with Gasteiger partial charge >= 0.3 is 0 Å². The number of hydrogen-bond donors (Lipinski definition) is 2. The lowest BCUT2D eigenvalue weighted by molar-refractivity contribution is 0.0998. The van der Waals surface area contributed by atoms with Crippen molar-refractivity contribution in [1.82, 2.24) is 0 Å². The number of nitrogens with two attached hydrogens (primary N) is 1. The molecular weight excluding hydrogens is 254 g/mol. The summed E-state index contributed by atoms with van der Waals surface area (Å²) in [5, 5.41) is 11.5. The summed E-state index contributed by atoms with van der Waals surface area (Å²) in [5.41, 5.74) is 6.85. The molecule has 0 spiro atoms. The van der Waals surface area contributed by atoms with Gasteiger partial charge in [-0.2, -0.15) is 5.26 Å². The summed E-state index contributed by atoms with van der Waals surface area (Å²) in [5.74, 6) is -0.849. The summed E-state index contributed by atoms with van der Waals surface area (Å²) in [4.78, 5) is 22.9. The number of carbonyl (C=O) groups is 2. The van der Waals surface area contributed by atoms with Crippen molar-refractivity contribution in [2.45, 2.75) is 0 Å². The monoisotopic (exact) mass is 265 g/mol. The van der Waals surface area contributed by atoms with Gasteiger partial charge in [-0.1, -0.05) is 6.07 Å². The molecule has 2 amide bonds. The summed E-state index contributed by atoms with van der Waals surface area (Å²) in [7, 11) is 0. The van der Waals surface area contributed by atoms with E-state index < -0.39 is 5.91 Å². The number of nitriles is 1. The van der Waals surface area contributed by atoms with Crippen molar-refractivity contribution in [3.63, 3.8) is 0 Å². The van der Waals surface area contributed by atoms with Crippen LogP contribution in [0.15, 0.2) is 48.5 Å². The normalized spacial score (nSPS) is 9.55. The topological polar surface area (TPSA) is 96.0 Å². The average molecular weight is 265 g/mol. The van der Waals surface area contributed by atoms with Crippen molar-refractivity contribution in [2.75, 3.05) is 5.32 Å². The molecule has 0 aromatic heterocycles. The summed E-state index contributed by atoms with van der Waals surface area (Å²) in [6.45, 7) is 0. The van der Waals surface area contributed by atoms with E-state index in [9.17, 15) is 9.59 Å². The average Bonchev–Trinajstić information content (AvgIpc) is 2.47. The van der Waals surface area contributed by atoms with Gasteiger partial charge in [-0.05, 0) is 42.5 Å². The molecule has 20 heavy (non-hydrogen) atoms. The van der Waals surface area contributed by atoms with E-state index in [4.69, 9.17) is 11.0 Å². The highest BCUT2D eigenvalue weighted by atomic mass is 16.2. The quantitative estimate of drug-likeness (QED) is 0.887. The third-order valence-corrected chi connectivity index (χ3v) is 2.68. The van der Waals surface area contributed by atoms with Crippen LogP contribution in [0.1, 0.15) is 26.3 Å². The van der Waals surface area contributed by atoms with Crippen LogP contribution in [0.25, 0.3) is 0 Å². The van der Waals surface area contributed by atoms with Crippen LogP contribution in [0.4, 0.5) is 5.69 Å². The molecule has 0 atom stereocenters. The van der Waals surface area contributed by atoms with Gasteiger partial charge in [0.25, 0.3) is 5.91 Å². The fraction of sp³-hybridized carbons (Fsp3) is 0. The first-order valence-corrected chi connectivity index (χ1v) is 5.81. The predicted molar refractivity (Wildman–Crippen MR) is 74.1 cm³/mol. The summed E-state index contributed by atoms with van der Waals surface area (Å²) >= 11 is 0. The van der Waals surface area contributed by atoms with Crippen LogP contribution in [-0.2, 0) is 0 Å². The van der Waals surface area contributed by atoms with Crippen molar-refractivity contribution >= 4 is 17.5 Å². The maximum absolute atomic E-state index is 12.0. The highest BCUT2D eigenvalue weighted by molar-refractivity contribution is 6.04. The van der Waals surface area contributed by atoms with E-state index in [1.807, 2.05) is 6.07 Å². The Kier molecular flexibility index (Phi) is 3.77. The second-order valence-electron chi connectivity index (χ2n) is 4.09. The lowest BCUT2D eigenvalue weighted by Gasteiger charge is -2.06. The highest BCUT2D eigenvalue weighted by Gasteiger charge is 2.07. The minimum absolute atomic E-state index is 0.325. The largest absolute Gasteiger partial charge is 0.366 e. The number of hydrogen-bond acceptors (Lipinski definition) is 3. The van der Waals surface area contributed by atoms with Gasteiger partial charge in [-0.3, -0.25) is 9.59 Å². The van der Waals surface area contributed by atoms with E-state index in [-0.39, 0.29) is 5.91 Å². The molecule has 0 aliphatic heterocycles. The first-order valence-electron chi connectivity index (χ1n) is 5.81. The number of nitrogens with zero attached hydrogens (tertiary/aromatic N) is 1. The van der Waals surface area contributed by atoms with Crippen LogP contribution in [0.3, 0.4) is 0 Å². The Hall–Kier alpha value is -3.13. The van der Waals surface area contributed by atoms with Crippen molar-refractivity contribution in [3.05, 3.63) is 65.2 Å². The van der Waals surface area contributed by atoms with E-state index in [1.54, 1.807) is 30.3 Å². The molecule has 0 aliphatic rings. The Labute approximate surface area is 115 Å². The molecule has 98 valence electrons. The SMILES string of the molecule is N#Cc1cccc(C(=O)Nc2ccc(C(N)=O)cc2)c1. The highest BCUT2D eigenvalue weighted by Crippen LogP contribution is 2.12. The molecule has 0 radical (unpaired) electrons. The minimum atomic E-state index is -0.524. The molecule has 2 rings (SSSR count). The third-order valence-electron chi connectivity index (χ3n) is 2.68. The van der Waals surface area contributed by atoms with E-state index in [0.29, 0.717) is 22.4 Å². The van der Waals surface area contributed by atoms with Crippen molar-refractivity contribution in [2.24, 2.45) is 5.73 Å². The van der Waals surface area contributed by atoms with Gasteiger partial charge in [0, 0.05) is 16.8 Å². The fourth-order valence-corrected chi connectivity index (χ4v) is 1.65. The number of rotatable bonds is 3. The second-order valence-corrected chi connectivity index (χ2v) is 4.09. The number of nitrogens with one attached hydrogen (secondary N) is 1. The summed E-state index contributed by atoms with van der Waals surface area (Å²) < 4.78 is 0. The zero-order valence-corrected chi connectivity index (χ0v) is 10.5. The molecule has 0 unspecified atom stereocenters. The Bertz CT molecular complexity index is 700. The van der Waals surface area contributed by atoms with E-state index in [0.717, 1.165) is 0 Å². The van der Waals surface area contributed by atoms with Gasteiger partial charge in [0.2, 0.25) is 5.91 Å². The smallest absolute Gasteiger partial charge is 0.255 e. The first kappa shape index (κ1) is 13.3. The van der Waals surface area contributed by atoms with Crippen LogP contribution in [0.2, 0.25) is 0 Å². The van der Waals surface area contributed by atoms with Crippen LogP contribution in [0.5, 0.6) is 0 Å². The van der Waals surface area contributed by atoms with Gasteiger partial charge in [-0.25, -0.2) is 0 Å². The summed E-state index contributed by atoms with van der Waals surface area (Å²) in [6.07, 6.45) is 0. The first-order chi connectivity index (χ1) is 9.60. The lowest BCUT2D eigenvalue weighted by atomic mass is 10.1. The molecule has 0 saturated heterocycles. The molecule has 0 fully saturated rings. The number of amides is 2. The van der Waals surface area contributed by atoms with E-state index in [1.165, 1.54) is 18.2 Å². The molecule has 5 nitrogen and oxygen atoms in total. The Morgan fingerprint density at radius 1 is 1.05 bits per heavy atom. The molecule has 2 aromatic rings. The Balaban J connectivity index is 2.15. The molecular formula is C15H11N3O2. The number of benzene rings is 2. The molecule has 0 aliphatic carbocycles. The maximum Gasteiger partial charge on any atom is 0.255 e. The Morgan fingerprint density at radius 3 is 2.35 bits per heavy atom. The van der Waals surface area contributed by atoms with Crippen LogP contribution in [-0.4, -0.2) is 11.8 Å². The molecule has 0 bridgehead atoms. The standard InChI is InChI=1S/C15H11N3O2/c16-9-10-2-1-3-12(8-10)15(20)18-13-6-4-11(5-7-13)14(17)19/h1-8H,(H2,17,19)(H,18,20). The van der Waals surface area contributed by atoms with E-state index in [2.05, 4.69) is 5.32 Å². The van der Waals surface area contributed by atoms with Crippen molar-refractivity contribution < 1.29 is 9.59 Å². The van der Waals surface area contributed by atoms with Crippen LogP contribution >= 0.6 is 0 Å². The van der Waals surface area contributed by atoms with E-state index >= 15 is 0 Å². The second kappa shape index (κ2) is 5.67. The lowest BCUT2D eigenvalue weighted by Crippen LogP contribution is -2.13. The van der Waals surface area contributed by atoms with Gasteiger partial charge in [0.05, 0.1) is 11.6 Å². The summed E-state index contributed by atoms with van der Waals surface area (Å²) in [6, 6.07) is 14.6. The van der Waals surface area contributed by atoms with Crippen molar-refractivity contribution in [3.8, 4) is 6.07 Å². The minimum Gasteiger partial charge on any atom is -0.366 e.